The van der Waals surface area contributed by atoms with E-state index in [9.17, 15) is 0 Å². The van der Waals surface area contributed by atoms with Crippen molar-refractivity contribution in [2.24, 2.45) is 0 Å². The summed E-state index contributed by atoms with van der Waals surface area (Å²) >= 11 is 0. The maximum Gasteiger partial charge on any atom is -0.00992 e. The topological polar surface area (TPSA) is 0 Å². The molecule has 0 atom stereocenters. The van der Waals surface area contributed by atoms with Gasteiger partial charge >= 0.3 is 0 Å². The largest absolute Gasteiger partial charge is 0.0622 e. The van der Waals surface area contributed by atoms with Crippen LogP contribution in [0, 0.1) is 0 Å². The molecule has 8 aromatic rings. The van der Waals surface area contributed by atoms with Gasteiger partial charge in [0.15, 0.2) is 0 Å². The van der Waals surface area contributed by atoms with Crippen molar-refractivity contribution in [1.29, 1.82) is 0 Å². The van der Waals surface area contributed by atoms with E-state index in [0.717, 1.165) is 0 Å². The first-order valence-corrected chi connectivity index (χ1v) is 14.5. The molecule has 0 aromatic heterocycles. The molecular weight excluding hydrogens is 504 g/mol. The van der Waals surface area contributed by atoms with Gasteiger partial charge in [-0.05, 0) is 95.0 Å². The third-order valence-corrected chi connectivity index (χ3v) is 8.46. The average Bonchev–Trinajstić information content (AvgIpc) is 3.07. The first-order chi connectivity index (χ1) is 20.8. The molecule has 0 unspecified atom stereocenters. The van der Waals surface area contributed by atoms with E-state index in [1.165, 1.54) is 76.8 Å². The monoisotopic (exact) mass is 532 g/mol. The van der Waals surface area contributed by atoms with Gasteiger partial charge in [0.25, 0.3) is 0 Å². The summed E-state index contributed by atoms with van der Waals surface area (Å²) in [4.78, 5) is 0. The van der Waals surface area contributed by atoms with Gasteiger partial charge in [0.1, 0.15) is 0 Å². The minimum absolute atomic E-state index is 1.23. The molecule has 196 valence electrons. The van der Waals surface area contributed by atoms with Gasteiger partial charge in [-0.1, -0.05) is 152 Å². The summed E-state index contributed by atoms with van der Waals surface area (Å²) in [5.41, 5.74) is 9.98. The normalized spacial score (nSPS) is 11.3. The molecule has 0 aliphatic rings. The maximum atomic E-state index is 2.33. The smallest absolute Gasteiger partial charge is 0.00992 e. The molecule has 0 saturated carbocycles. The van der Waals surface area contributed by atoms with Crippen molar-refractivity contribution in [3.63, 3.8) is 0 Å². The van der Waals surface area contributed by atoms with Gasteiger partial charge in [-0.3, -0.25) is 0 Å². The molecule has 0 fully saturated rings. The predicted molar refractivity (Wildman–Crippen MR) is 181 cm³/mol. The molecule has 0 N–H and O–H groups in total. The van der Waals surface area contributed by atoms with E-state index in [4.69, 9.17) is 0 Å². The Kier molecular flexibility index (Phi) is 5.90. The SMILES string of the molecule is c1ccc(-c2ccc(-c3cccc(-c4ccc5cc(-c6cccc7ccccc67)ccc5c4)c3)c3ccccc23)cc1. The van der Waals surface area contributed by atoms with Crippen LogP contribution in [0.25, 0.3) is 76.8 Å². The molecule has 0 saturated heterocycles. The molecule has 0 heteroatoms. The second-order valence-electron chi connectivity index (χ2n) is 11.0. The third-order valence-electron chi connectivity index (χ3n) is 8.46. The zero-order chi connectivity index (χ0) is 27.9. The number of rotatable bonds is 4. The molecule has 8 aromatic carbocycles. The van der Waals surface area contributed by atoms with E-state index < -0.39 is 0 Å². The molecule has 42 heavy (non-hydrogen) atoms. The fourth-order valence-corrected chi connectivity index (χ4v) is 6.36. The second-order valence-corrected chi connectivity index (χ2v) is 11.0. The Balaban J connectivity index is 1.18. The van der Waals surface area contributed by atoms with Gasteiger partial charge in [0.2, 0.25) is 0 Å². The highest BCUT2D eigenvalue weighted by Crippen LogP contribution is 2.38. The van der Waals surface area contributed by atoms with Crippen molar-refractivity contribution >= 4 is 32.3 Å². The Labute approximate surface area is 246 Å². The average molecular weight is 533 g/mol. The van der Waals surface area contributed by atoms with Crippen molar-refractivity contribution in [3.8, 4) is 44.5 Å². The zero-order valence-corrected chi connectivity index (χ0v) is 23.2. The van der Waals surface area contributed by atoms with Crippen molar-refractivity contribution in [2.45, 2.75) is 0 Å². The van der Waals surface area contributed by atoms with E-state index in [2.05, 4.69) is 170 Å². The Morgan fingerprint density at radius 1 is 0.214 bits per heavy atom. The van der Waals surface area contributed by atoms with Crippen LogP contribution in [0.15, 0.2) is 170 Å². The molecule has 0 aliphatic carbocycles. The highest BCUT2D eigenvalue weighted by atomic mass is 14.1. The van der Waals surface area contributed by atoms with Crippen LogP contribution >= 0.6 is 0 Å². The van der Waals surface area contributed by atoms with E-state index in [1.807, 2.05) is 0 Å². The summed E-state index contributed by atoms with van der Waals surface area (Å²) in [5, 5.41) is 7.61. The summed E-state index contributed by atoms with van der Waals surface area (Å²) in [5.74, 6) is 0. The van der Waals surface area contributed by atoms with Crippen LogP contribution in [-0.2, 0) is 0 Å². The number of benzene rings is 8. The first-order valence-electron chi connectivity index (χ1n) is 14.5. The van der Waals surface area contributed by atoms with Gasteiger partial charge in [0.05, 0.1) is 0 Å². The molecule has 0 heterocycles. The molecule has 0 radical (unpaired) electrons. The first kappa shape index (κ1) is 24.3. The van der Waals surface area contributed by atoms with Crippen LogP contribution in [0.5, 0.6) is 0 Å². The van der Waals surface area contributed by atoms with Gasteiger partial charge in [-0.25, -0.2) is 0 Å². The van der Waals surface area contributed by atoms with Gasteiger partial charge in [-0.15, -0.1) is 0 Å². The van der Waals surface area contributed by atoms with Gasteiger partial charge < -0.3 is 0 Å². The van der Waals surface area contributed by atoms with E-state index in [-0.39, 0.29) is 0 Å². The van der Waals surface area contributed by atoms with E-state index in [1.54, 1.807) is 0 Å². The molecule has 0 bridgehead atoms. The van der Waals surface area contributed by atoms with Crippen LogP contribution < -0.4 is 0 Å². The molecule has 0 nitrogen and oxygen atoms in total. The number of hydrogen-bond donors (Lipinski definition) is 0. The standard InChI is InChI=1S/C42H28/c1-2-10-29(11-3-1)39-24-25-40(42-18-7-6-17-41(39)42)35-15-8-14-31(27-35)32-20-21-34-28-36(23-22-33(34)26-32)38-19-9-13-30-12-4-5-16-37(30)38/h1-28H. The summed E-state index contributed by atoms with van der Waals surface area (Å²) in [6.07, 6.45) is 0. The van der Waals surface area contributed by atoms with Gasteiger partial charge in [0, 0.05) is 0 Å². The van der Waals surface area contributed by atoms with Crippen LogP contribution in [0.3, 0.4) is 0 Å². The fraction of sp³-hybridized carbons (Fsp3) is 0. The van der Waals surface area contributed by atoms with Crippen molar-refractivity contribution in [2.75, 3.05) is 0 Å². The van der Waals surface area contributed by atoms with Crippen LogP contribution in [0.4, 0.5) is 0 Å². The molecular formula is C42H28. The Morgan fingerprint density at radius 2 is 0.690 bits per heavy atom. The maximum absolute atomic E-state index is 2.33. The quantitative estimate of drug-likeness (QED) is 0.211. The zero-order valence-electron chi connectivity index (χ0n) is 23.2. The summed E-state index contributed by atoms with van der Waals surface area (Å²) in [6.45, 7) is 0. The van der Waals surface area contributed by atoms with Crippen LogP contribution in [0.1, 0.15) is 0 Å². The molecule has 0 amide bonds. The minimum atomic E-state index is 1.23. The van der Waals surface area contributed by atoms with Crippen molar-refractivity contribution in [1.82, 2.24) is 0 Å². The summed E-state index contributed by atoms with van der Waals surface area (Å²) in [7, 11) is 0. The van der Waals surface area contributed by atoms with Crippen molar-refractivity contribution < 1.29 is 0 Å². The number of fused-ring (bicyclic) bond motifs is 3. The Morgan fingerprint density at radius 3 is 1.48 bits per heavy atom. The summed E-state index contributed by atoms with van der Waals surface area (Å²) in [6, 6.07) is 61.7. The number of hydrogen-bond acceptors (Lipinski definition) is 0. The lowest BCUT2D eigenvalue weighted by molar-refractivity contribution is 1.61. The highest BCUT2D eigenvalue weighted by Gasteiger charge is 2.11. The highest BCUT2D eigenvalue weighted by molar-refractivity contribution is 6.05. The Bertz CT molecular complexity index is 2230. The summed E-state index contributed by atoms with van der Waals surface area (Å²) < 4.78 is 0. The lowest BCUT2D eigenvalue weighted by Crippen LogP contribution is -1.87. The van der Waals surface area contributed by atoms with Crippen molar-refractivity contribution in [3.05, 3.63) is 170 Å². The van der Waals surface area contributed by atoms with Crippen LogP contribution in [-0.4, -0.2) is 0 Å². The minimum Gasteiger partial charge on any atom is -0.0622 e. The Hall–Kier alpha value is -5.46. The second kappa shape index (κ2) is 10.2. The molecule has 8 rings (SSSR count). The third kappa shape index (κ3) is 4.26. The fourth-order valence-electron chi connectivity index (χ4n) is 6.36. The predicted octanol–water partition coefficient (Wildman–Crippen LogP) is 11.8. The van der Waals surface area contributed by atoms with E-state index >= 15 is 0 Å². The lowest BCUT2D eigenvalue weighted by atomic mass is 9.90. The lowest BCUT2D eigenvalue weighted by Gasteiger charge is -2.13. The van der Waals surface area contributed by atoms with Gasteiger partial charge in [-0.2, -0.15) is 0 Å². The van der Waals surface area contributed by atoms with E-state index in [0.29, 0.717) is 0 Å². The molecule has 0 aliphatic heterocycles. The molecule has 0 spiro atoms. The van der Waals surface area contributed by atoms with Crippen LogP contribution in [0.2, 0.25) is 0 Å².